The van der Waals surface area contributed by atoms with Crippen LogP contribution in [0.15, 0.2) is 12.1 Å². The van der Waals surface area contributed by atoms with E-state index in [0.717, 1.165) is 6.07 Å². The van der Waals surface area contributed by atoms with Gasteiger partial charge in [0.15, 0.2) is 0 Å². The van der Waals surface area contributed by atoms with Gasteiger partial charge in [0.2, 0.25) is 0 Å². The molecule has 1 aromatic carbocycles. The molecule has 90 valence electrons. The van der Waals surface area contributed by atoms with Crippen LogP contribution in [0.2, 0.25) is 0 Å². The van der Waals surface area contributed by atoms with Crippen LogP contribution in [0.3, 0.4) is 0 Å². The molecular weight excluding hydrogens is 222 g/mol. The average Bonchev–Trinajstić information content (AvgIpc) is 2.25. The lowest BCUT2D eigenvalue weighted by atomic mass is 10.0. The summed E-state index contributed by atoms with van der Waals surface area (Å²) < 4.78 is 27.7. The minimum atomic E-state index is -0.534. The van der Waals surface area contributed by atoms with Gasteiger partial charge in [0, 0.05) is 11.4 Å². The fourth-order valence-electron chi connectivity index (χ4n) is 1.80. The highest BCUT2D eigenvalue weighted by Gasteiger charge is 2.15. The number of hydrogen-bond acceptors (Lipinski definition) is 2. The Morgan fingerprint density at radius 3 is 2.47 bits per heavy atom. The van der Waals surface area contributed by atoms with E-state index in [4.69, 9.17) is 5.73 Å². The summed E-state index contributed by atoms with van der Waals surface area (Å²) in [5.41, 5.74) is 6.93. The predicted octanol–water partition coefficient (Wildman–Crippen LogP) is 3.53. The summed E-state index contributed by atoms with van der Waals surface area (Å²) in [5.74, 6) is -0.916. The van der Waals surface area contributed by atoms with Crippen LogP contribution in [-0.4, -0.2) is 4.98 Å². The summed E-state index contributed by atoms with van der Waals surface area (Å²) >= 11 is 0. The molecule has 17 heavy (non-hydrogen) atoms. The second-order valence-corrected chi connectivity index (χ2v) is 4.50. The molecular formula is C13H14F2N2. The molecule has 0 saturated carbocycles. The smallest absolute Gasteiger partial charge is 0.149 e. The van der Waals surface area contributed by atoms with E-state index in [0.29, 0.717) is 5.69 Å². The maximum absolute atomic E-state index is 13.9. The first kappa shape index (κ1) is 11.8. The highest BCUT2D eigenvalue weighted by molar-refractivity contribution is 5.91. The summed E-state index contributed by atoms with van der Waals surface area (Å²) in [5, 5.41) is 0.0758. The Labute approximate surface area is 98.5 Å². The molecule has 2 nitrogen and oxygen atoms in total. The van der Waals surface area contributed by atoms with Crippen molar-refractivity contribution in [2.75, 3.05) is 5.73 Å². The van der Waals surface area contributed by atoms with Crippen LogP contribution in [-0.2, 0) is 0 Å². The third-order valence-corrected chi connectivity index (χ3v) is 2.80. The van der Waals surface area contributed by atoms with Crippen LogP contribution in [0.1, 0.15) is 31.0 Å². The average molecular weight is 236 g/mol. The maximum Gasteiger partial charge on any atom is 0.149 e. The molecule has 0 radical (unpaired) electrons. The lowest BCUT2D eigenvalue weighted by Gasteiger charge is -2.11. The molecule has 0 fully saturated rings. The van der Waals surface area contributed by atoms with Crippen molar-refractivity contribution in [3.05, 3.63) is 35.0 Å². The van der Waals surface area contributed by atoms with E-state index in [-0.39, 0.29) is 28.1 Å². The van der Waals surface area contributed by atoms with E-state index in [1.165, 1.54) is 6.92 Å². The fourth-order valence-corrected chi connectivity index (χ4v) is 1.80. The fraction of sp³-hybridized carbons (Fsp3) is 0.308. The van der Waals surface area contributed by atoms with Crippen molar-refractivity contribution in [3.8, 4) is 0 Å². The summed E-state index contributed by atoms with van der Waals surface area (Å²) in [6.45, 7) is 5.36. The number of halogens is 2. The number of fused-ring (bicyclic) bond motifs is 1. The lowest BCUT2D eigenvalue weighted by molar-refractivity contribution is 0.607. The van der Waals surface area contributed by atoms with Gasteiger partial charge in [0.05, 0.1) is 5.39 Å². The Morgan fingerprint density at radius 1 is 1.24 bits per heavy atom. The van der Waals surface area contributed by atoms with Crippen molar-refractivity contribution in [3.63, 3.8) is 0 Å². The number of pyridine rings is 1. The van der Waals surface area contributed by atoms with Gasteiger partial charge in [-0.25, -0.2) is 13.8 Å². The quantitative estimate of drug-likeness (QED) is 0.822. The SMILES string of the molecule is Cc1cc(F)c2nc(C(C)C)cc(N)c2c1F. The normalized spacial score (nSPS) is 11.4. The monoisotopic (exact) mass is 236 g/mol. The van der Waals surface area contributed by atoms with E-state index in [1.54, 1.807) is 6.07 Å². The van der Waals surface area contributed by atoms with Gasteiger partial charge in [-0.15, -0.1) is 0 Å². The molecule has 1 heterocycles. The van der Waals surface area contributed by atoms with Crippen LogP contribution >= 0.6 is 0 Å². The number of anilines is 1. The van der Waals surface area contributed by atoms with Gasteiger partial charge in [-0.1, -0.05) is 13.8 Å². The van der Waals surface area contributed by atoms with E-state index < -0.39 is 11.6 Å². The second kappa shape index (κ2) is 3.95. The highest BCUT2D eigenvalue weighted by Crippen LogP contribution is 2.29. The largest absolute Gasteiger partial charge is 0.398 e. The number of nitrogens with zero attached hydrogens (tertiary/aromatic N) is 1. The molecule has 1 aromatic heterocycles. The van der Waals surface area contributed by atoms with Gasteiger partial charge in [0.25, 0.3) is 0 Å². The number of nitrogens with two attached hydrogens (primary N) is 1. The Morgan fingerprint density at radius 2 is 1.88 bits per heavy atom. The minimum absolute atomic E-state index is 0.0109. The van der Waals surface area contributed by atoms with Gasteiger partial charge in [0.1, 0.15) is 17.2 Å². The van der Waals surface area contributed by atoms with E-state index >= 15 is 0 Å². The Hall–Kier alpha value is -1.71. The minimum Gasteiger partial charge on any atom is -0.398 e. The molecule has 0 aliphatic carbocycles. The number of nitrogen functional groups attached to an aromatic ring is 1. The van der Waals surface area contributed by atoms with Gasteiger partial charge >= 0.3 is 0 Å². The summed E-state index contributed by atoms with van der Waals surface area (Å²) in [4.78, 5) is 4.14. The van der Waals surface area contributed by atoms with Gasteiger partial charge in [-0.05, 0) is 30.5 Å². The zero-order valence-electron chi connectivity index (χ0n) is 10.0. The van der Waals surface area contributed by atoms with Crippen LogP contribution < -0.4 is 5.73 Å². The third kappa shape index (κ3) is 1.84. The third-order valence-electron chi connectivity index (χ3n) is 2.80. The molecule has 0 spiro atoms. The summed E-state index contributed by atoms with van der Waals surface area (Å²) in [7, 11) is 0. The summed E-state index contributed by atoms with van der Waals surface area (Å²) in [6.07, 6.45) is 0. The molecule has 2 N–H and O–H groups in total. The number of hydrogen-bond donors (Lipinski definition) is 1. The first-order valence-electron chi connectivity index (χ1n) is 5.46. The molecule has 2 aromatic rings. The Balaban J connectivity index is 2.90. The summed E-state index contributed by atoms with van der Waals surface area (Å²) in [6, 6.07) is 2.75. The van der Waals surface area contributed by atoms with Crippen LogP contribution in [0.4, 0.5) is 14.5 Å². The number of rotatable bonds is 1. The lowest BCUT2D eigenvalue weighted by Crippen LogP contribution is -2.02. The first-order valence-corrected chi connectivity index (χ1v) is 5.46. The second-order valence-electron chi connectivity index (χ2n) is 4.50. The van der Waals surface area contributed by atoms with Crippen LogP contribution in [0.5, 0.6) is 0 Å². The molecule has 0 bridgehead atoms. The van der Waals surface area contributed by atoms with E-state index in [9.17, 15) is 8.78 Å². The van der Waals surface area contributed by atoms with Crippen molar-refractivity contribution in [2.24, 2.45) is 0 Å². The zero-order chi connectivity index (χ0) is 12.7. The molecule has 0 unspecified atom stereocenters. The maximum atomic E-state index is 13.9. The number of aromatic nitrogens is 1. The molecule has 2 rings (SSSR count). The van der Waals surface area contributed by atoms with Crippen molar-refractivity contribution in [1.29, 1.82) is 0 Å². The molecule has 0 aliphatic heterocycles. The van der Waals surface area contributed by atoms with Crippen molar-refractivity contribution < 1.29 is 8.78 Å². The molecule has 0 aliphatic rings. The van der Waals surface area contributed by atoms with Gasteiger partial charge in [-0.3, -0.25) is 0 Å². The van der Waals surface area contributed by atoms with E-state index in [1.807, 2.05) is 13.8 Å². The standard InChI is InChI=1S/C13H14F2N2/c1-6(2)10-5-9(16)11-12(15)7(3)4-8(14)13(11)17-10/h4-6H,1-3H3,(H2,16,17). The van der Waals surface area contributed by atoms with Crippen LogP contribution in [0.25, 0.3) is 10.9 Å². The number of benzene rings is 1. The van der Waals surface area contributed by atoms with Crippen molar-refractivity contribution >= 4 is 16.6 Å². The first-order chi connectivity index (χ1) is 7.91. The van der Waals surface area contributed by atoms with Gasteiger partial charge in [-0.2, -0.15) is 0 Å². The molecule has 0 atom stereocenters. The molecule has 4 heteroatoms. The topological polar surface area (TPSA) is 38.9 Å². The highest BCUT2D eigenvalue weighted by atomic mass is 19.1. The van der Waals surface area contributed by atoms with Crippen molar-refractivity contribution in [1.82, 2.24) is 4.98 Å². The number of aryl methyl sites for hydroxylation is 1. The molecule has 0 saturated heterocycles. The van der Waals surface area contributed by atoms with Crippen molar-refractivity contribution in [2.45, 2.75) is 26.7 Å². The van der Waals surface area contributed by atoms with Gasteiger partial charge < -0.3 is 5.73 Å². The van der Waals surface area contributed by atoms with E-state index in [2.05, 4.69) is 4.98 Å². The zero-order valence-corrected chi connectivity index (χ0v) is 10.0. The Kier molecular flexibility index (Phi) is 2.73. The predicted molar refractivity (Wildman–Crippen MR) is 64.9 cm³/mol. The van der Waals surface area contributed by atoms with Crippen LogP contribution in [0, 0.1) is 18.6 Å². The Bertz CT molecular complexity index is 592. The molecule has 0 amide bonds.